The number of carboxylic acid groups (broad SMARTS) is 1. The van der Waals surface area contributed by atoms with Crippen molar-refractivity contribution in [1.29, 1.82) is 0 Å². The zero-order chi connectivity index (χ0) is 16.8. The summed E-state index contributed by atoms with van der Waals surface area (Å²) in [6.07, 6.45) is -3.41. The van der Waals surface area contributed by atoms with E-state index in [1.54, 1.807) is 0 Å². The maximum absolute atomic E-state index is 12.4. The third-order valence-electron chi connectivity index (χ3n) is 2.88. The van der Waals surface area contributed by atoms with Gasteiger partial charge >= 0.3 is 12.1 Å². The van der Waals surface area contributed by atoms with Gasteiger partial charge in [0.15, 0.2) is 0 Å². The van der Waals surface area contributed by atoms with Crippen LogP contribution in [-0.2, 0) is 15.8 Å². The second-order valence-electron chi connectivity index (χ2n) is 4.68. The second-order valence-corrected chi connectivity index (χ2v) is 4.68. The molecule has 5 nitrogen and oxygen atoms in total. The van der Waals surface area contributed by atoms with Crippen molar-refractivity contribution < 1.29 is 27.9 Å². The van der Waals surface area contributed by atoms with Gasteiger partial charge in [-0.2, -0.15) is 13.2 Å². The average molecular weight is 355 g/mol. The Bertz CT molecular complexity index is 521. The van der Waals surface area contributed by atoms with Crippen LogP contribution in [0.25, 0.3) is 0 Å². The molecule has 0 fully saturated rings. The van der Waals surface area contributed by atoms with Gasteiger partial charge in [-0.25, -0.2) is 0 Å². The van der Waals surface area contributed by atoms with Gasteiger partial charge in [0.25, 0.3) is 0 Å². The number of rotatable bonds is 7. The van der Waals surface area contributed by atoms with E-state index in [2.05, 4.69) is 10.6 Å². The van der Waals surface area contributed by atoms with Crippen molar-refractivity contribution in [1.82, 2.24) is 5.32 Å². The monoisotopic (exact) mass is 354 g/mol. The molecule has 3 N–H and O–H groups in total. The number of hydrogen-bond donors (Lipinski definition) is 3. The van der Waals surface area contributed by atoms with Gasteiger partial charge in [-0.3, -0.25) is 14.9 Å². The zero-order valence-electron chi connectivity index (χ0n) is 12.3. The van der Waals surface area contributed by atoms with Crippen LogP contribution in [0.3, 0.4) is 0 Å². The third-order valence-corrected chi connectivity index (χ3v) is 2.88. The molecule has 0 spiro atoms. The van der Waals surface area contributed by atoms with Crippen molar-refractivity contribution >= 4 is 30.0 Å². The molecular formula is C14H18ClF3N2O3. The lowest BCUT2D eigenvalue weighted by molar-refractivity contribution is -0.140. The Morgan fingerprint density at radius 3 is 2.22 bits per heavy atom. The summed E-state index contributed by atoms with van der Waals surface area (Å²) >= 11 is 0. The minimum absolute atomic E-state index is 0. The summed E-state index contributed by atoms with van der Waals surface area (Å²) < 4.78 is 37.2. The topological polar surface area (TPSA) is 78.4 Å². The Labute approximate surface area is 137 Å². The number of carbonyl (C=O) groups is 2. The first kappa shape index (κ1) is 21.2. The number of alkyl halides is 3. The van der Waals surface area contributed by atoms with Crippen LogP contribution < -0.4 is 10.6 Å². The summed E-state index contributed by atoms with van der Waals surface area (Å²) in [7, 11) is 0. The van der Waals surface area contributed by atoms with Crippen molar-refractivity contribution in [3.05, 3.63) is 29.8 Å². The fourth-order valence-corrected chi connectivity index (χ4v) is 1.77. The van der Waals surface area contributed by atoms with Crippen molar-refractivity contribution in [3.8, 4) is 0 Å². The molecule has 1 atom stereocenters. The Morgan fingerprint density at radius 1 is 1.22 bits per heavy atom. The maximum Gasteiger partial charge on any atom is 0.416 e. The van der Waals surface area contributed by atoms with Crippen LogP contribution in [0.4, 0.5) is 18.9 Å². The van der Waals surface area contributed by atoms with Crippen molar-refractivity contribution in [2.75, 3.05) is 11.9 Å². The maximum atomic E-state index is 12.4. The summed E-state index contributed by atoms with van der Waals surface area (Å²) in [4.78, 5) is 22.5. The average Bonchev–Trinajstić information content (AvgIpc) is 2.42. The van der Waals surface area contributed by atoms with Gasteiger partial charge in [-0.05, 0) is 30.7 Å². The van der Waals surface area contributed by atoms with Gasteiger partial charge in [-0.15, -0.1) is 12.4 Å². The smallest absolute Gasteiger partial charge is 0.416 e. The quantitative estimate of drug-likeness (QED) is 0.703. The molecule has 1 aromatic rings. The van der Waals surface area contributed by atoms with E-state index in [9.17, 15) is 22.8 Å². The Morgan fingerprint density at radius 2 is 1.78 bits per heavy atom. The minimum atomic E-state index is -4.43. The van der Waals surface area contributed by atoms with E-state index in [1.807, 2.05) is 6.92 Å². The molecule has 1 aromatic carbocycles. The molecule has 0 saturated heterocycles. The summed E-state index contributed by atoms with van der Waals surface area (Å²) in [6.45, 7) is 1.58. The summed E-state index contributed by atoms with van der Waals surface area (Å²) in [5.41, 5.74) is -0.598. The molecule has 9 heteroatoms. The molecule has 0 bridgehead atoms. The van der Waals surface area contributed by atoms with Crippen LogP contribution >= 0.6 is 12.4 Å². The van der Waals surface area contributed by atoms with Gasteiger partial charge in [0, 0.05) is 5.69 Å². The van der Waals surface area contributed by atoms with Crippen LogP contribution in [0.2, 0.25) is 0 Å². The third kappa shape index (κ3) is 7.34. The number of nitrogens with one attached hydrogen (secondary N) is 2. The summed E-state index contributed by atoms with van der Waals surface area (Å²) in [5.74, 6) is -1.58. The van der Waals surface area contributed by atoms with Gasteiger partial charge in [0.1, 0.15) is 6.04 Å². The molecule has 0 aliphatic carbocycles. The van der Waals surface area contributed by atoms with Crippen LogP contribution in [-0.4, -0.2) is 29.6 Å². The van der Waals surface area contributed by atoms with Crippen LogP contribution in [0.5, 0.6) is 0 Å². The molecular weight excluding hydrogens is 337 g/mol. The number of hydrogen-bond acceptors (Lipinski definition) is 3. The highest BCUT2D eigenvalue weighted by molar-refractivity contribution is 5.92. The first-order valence-electron chi connectivity index (χ1n) is 6.67. The van der Waals surface area contributed by atoms with E-state index >= 15 is 0 Å². The number of halogens is 4. The molecule has 0 heterocycles. The first-order chi connectivity index (χ1) is 10.2. The highest BCUT2D eigenvalue weighted by atomic mass is 35.5. The highest BCUT2D eigenvalue weighted by Crippen LogP contribution is 2.29. The number of benzene rings is 1. The van der Waals surface area contributed by atoms with Crippen LogP contribution in [0.15, 0.2) is 24.3 Å². The minimum Gasteiger partial charge on any atom is -0.480 e. The molecule has 0 radical (unpaired) electrons. The van der Waals surface area contributed by atoms with Gasteiger partial charge in [0.2, 0.25) is 5.91 Å². The zero-order valence-corrected chi connectivity index (χ0v) is 13.1. The Balaban J connectivity index is 0.00000484. The fourth-order valence-electron chi connectivity index (χ4n) is 1.77. The normalized spacial score (nSPS) is 12.2. The fraction of sp³-hybridized carbons (Fsp3) is 0.429. The lowest BCUT2D eigenvalue weighted by atomic mass is 10.1. The number of carboxylic acids is 1. The van der Waals surface area contributed by atoms with Crippen LogP contribution in [0, 0.1) is 0 Å². The first-order valence-corrected chi connectivity index (χ1v) is 6.67. The predicted molar refractivity (Wildman–Crippen MR) is 81.7 cm³/mol. The van der Waals surface area contributed by atoms with Crippen molar-refractivity contribution in [2.45, 2.75) is 32.0 Å². The number of amides is 1. The Hall–Kier alpha value is -1.80. The summed E-state index contributed by atoms with van der Waals surface area (Å²) in [5, 5.41) is 13.9. The molecule has 1 amide bonds. The lowest BCUT2D eigenvalue weighted by Gasteiger charge is -2.13. The summed E-state index contributed by atoms with van der Waals surface area (Å²) in [6, 6.07) is 3.17. The molecule has 0 aliphatic rings. The number of carbonyl (C=O) groups excluding carboxylic acids is 1. The molecule has 1 unspecified atom stereocenters. The lowest BCUT2D eigenvalue weighted by Crippen LogP contribution is -2.41. The van der Waals surface area contributed by atoms with Crippen molar-refractivity contribution in [3.63, 3.8) is 0 Å². The van der Waals surface area contributed by atoms with Crippen molar-refractivity contribution in [2.24, 2.45) is 0 Å². The van der Waals surface area contributed by atoms with E-state index in [-0.39, 0.29) is 24.6 Å². The largest absolute Gasteiger partial charge is 0.480 e. The highest BCUT2D eigenvalue weighted by Gasteiger charge is 2.30. The second kappa shape index (κ2) is 9.36. The molecule has 130 valence electrons. The molecule has 0 saturated carbocycles. The van der Waals surface area contributed by atoms with E-state index < -0.39 is 29.7 Å². The molecule has 0 aromatic heterocycles. The molecule has 1 rings (SSSR count). The SMILES string of the molecule is CCCC(NCC(=O)Nc1ccc(C(F)(F)F)cc1)C(=O)O.Cl. The van der Waals surface area contributed by atoms with E-state index in [0.29, 0.717) is 12.8 Å². The molecule has 23 heavy (non-hydrogen) atoms. The van der Waals surface area contributed by atoms with E-state index in [4.69, 9.17) is 5.11 Å². The van der Waals surface area contributed by atoms with Gasteiger partial charge < -0.3 is 10.4 Å². The number of anilines is 1. The Kier molecular flexibility index (Phi) is 8.63. The predicted octanol–water partition coefficient (Wildman–Crippen LogP) is 2.91. The van der Waals surface area contributed by atoms with E-state index in [0.717, 1.165) is 24.3 Å². The number of aliphatic carboxylic acids is 1. The van der Waals surface area contributed by atoms with Gasteiger partial charge in [0.05, 0.1) is 12.1 Å². The van der Waals surface area contributed by atoms with E-state index in [1.165, 1.54) is 0 Å². The standard InChI is InChI=1S/C14H17F3N2O3.ClH/c1-2-3-11(13(21)22)18-8-12(20)19-10-6-4-9(5-7-10)14(15,16)17;/h4-7,11,18H,2-3,8H2,1H3,(H,19,20)(H,21,22);1H. The molecule has 0 aliphatic heterocycles. The van der Waals surface area contributed by atoms with Crippen LogP contribution in [0.1, 0.15) is 25.3 Å². The van der Waals surface area contributed by atoms with Gasteiger partial charge in [-0.1, -0.05) is 13.3 Å².